The van der Waals surface area contributed by atoms with Crippen molar-refractivity contribution in [1.29, 1.82) is 0 Å². The summed E-state index contributed by atoms with van der Waals surface area (Å²) in [6, 6.07) is 3.04. The van der Waals surface area contributed by atoms with Crippen LogP contribution in [0.2, 0.25) is 0 Å². The van der Waals surface area contributed by atoms with Crippen LogP contribution in [-0.4, -0.2) is 47.2 Å². The maximum atomic E-state index is 13.9. The molecule has 1 aromatic carbocycles. The Balaban J connectivity index is 1.65. The standard InChI is InChI=1S/C20H28FN3O4/c1-20(2,3)28-19(25)22(4)14-5-7-15(8-6-14)23-10-9-13-11-16(21)18(24(26)27)12-17(13)23/h11-12,14-15H,5-10H2,1-4H3. The van der Waals surface area contributed by atoms with Gasteiger partial charge in [0.2, 0.25) is 5.82 Å². The molecule has 8 heteroatoms. The molecule has 2 aliphatic rings. The van der Waals surface area contributed by atoms with Crippen molar-refractivity contribution in [3.05, 3.63) is 33.6 Å². The Morgan fingerprint density at radius 1 is 1.29 bits per heavy atom. The first-order valence-corrected chi connectivity index (χ1v) is 9.76. The van der Waals surface area contributed by atoms with E-state index in [2.05, 4.69) is 4.90 Å². The highest BCUT2D eigenvalue weighted by molar-refractivity contribution is 5.68. The lowest BCUT2D eigenvalue weighted by Crippen LogP contribution is -2.45. The first-order chi connectivity index (χ1) is 13.1. The summed E-state index contributed by atoms with van der Waals surface area (Å²) in [5.74, 6) is -0.770. The van der Waals surface area contributed by atoms with Gasteiger partial charge in [0, 0.05) is 37.4 Å². The van der Waals surface area contributed by atoms with Gasteiger partial charge in [0.25, 0.3) is 0 Å². The number of hydrogen-bond donors (Lipinski definition) is 0. The van der Waals surface area contributed by atoms with E-state index in [4.69, 9.17) is 4.74 Å². The average Bonchev–Trinajstić information content (AvgIpc) is 3.01. The molecular weight excluding hydrogens is 365 g/mol. The van der Waals surface area contributed by atoms with E-state index in [0.29, 0.717) is 6.42 Å². The topological polar surface area (TPSA) is 75.9 Å². The van der Waals surface area contributed by atoms with Crippen LogP contribution in [0.3, 0.4) is 0 Å². The molecule has 0 unspecified atom stereocenters. The molecule has 7 nitrogen and oxygen atoms in total. The molecule has 0 spiro atoms. The number of hydrogen-bond acceptors (Lipinski definition) is 5. The van der Waals surface area contributed by atoms with Crippen molar-refractivity contribution in [2.24, 2.45) is 0 Å². The van der Waals surface area contributed by atoms with Crippen molar-refractivity contribution in [1.82, 2.24) is 4.90 Å². The maximum Gasteiger partial charge on any atom is 0.410 e. The number of nitro benzene ring substituents is 1. The fourth-order valence-electron chi connectivity index (χ4n) is 4.18. The second-order valence-electron chi connectivity index (χ2n) is 8.69. The lowest BCUT2D eigenvalue weighted by molar-refractivity contribution is -0.387. The smallest absolute Gasteiger partial charge is 0.410 e. The molecule has 1 aromatic rings. The van der Waals surface area contributed by atoms with Crippen molar-refractivity contribution < 1.29 is 18.8 Å². The van der Waals surface area contributed by atoms with E-state index in [9.17, 15) is 19.3 Å². The highest BCUT2D eigenvalue weighted by atomic mass is 19.1. The van der Waals surface area contributed by atoms with Crippen molar-refractivity contribution in [3.8, 4) is 0 Å². The number of nitrogens with zero attached hydrogens (tertiary/aromatic N) is 3. The van der Waals surface area contributed by atoms with E-state index < -0.39 is 22.0 Å². The average molecular weight is 393 g/mol. The number of ether oxygens (including phenoxy) is 1. The Labute approximate surface area is 164 Å². The van der Waals surface area contributed by atoms with E-state index in [1.165, 1.54) is 12.1 Å². The van der Waals surface area contributed by atoms with Gasteiger partial charge >= 0.3 is 11.8 Å². The van der Waals surface area contributed by atoms with Crippen LogP contribution in [0.25, 0.3) is 0 Å². The minimum atomic E-state index is -0.770. The van der Waals surface area contributed by atoms with Crippen LogP contribution in [-0.2, 0) is 11.2 Å². The highest BCUT2D eigenvalue weighted by Crippen LogP contribution is 2.38. The summed E-state index contributed by atoms with van der Waals surface area (Å²) >= 11 is 0. The Morgan fingerprint density at radius 3 is 2.50 bits per heavy atom. The van der Waals surface area contributed by atoms with Gasteiger partial charge in [-0.2, -0.15) is 4.39 Å². The summed E-state index contributed by atoms with van der Waals surface area (Å²) in [6.07, 6.45) is 3.83. The lowest BCUT2D eigenvalue weighted by atomic mass is 9.89. The van der Waals surface area contributed by atoms with Crippen molar-refractivity contribution >= 4 is 17.5 Å². The molecule has 0 bridgehead atoms. The summed E-state index contributed by atoms with van der Waals surface area (Å²) in [7, 11) is 1.77. The number of halogens is 1. The summed E-state index contributed by atoms with van der Waals surface area (Å²) in [5, 5.41) is 11.1. The van der Waals surface area contributed by atoms with E-state index in [-0.39, 0.29) is 18.2 Å². The minimum absolute atomic E-state index is 0.121. The number of amides is 1. The second-order valence-corrected chi connectivity index (χ2v) is 8.69. The SMILES string of the molecule is CN(C(=O)OC(C)(C)C)C1CCC(N2CCc3cc(F)c([N+](=O)[O-])cc32)CC1. The van der Waals surface area contributed by atoms with Crippen molar-refractivity contribution in [3.63, 3.8) is 0 Å². The molecule has 3 rings (SSSR count). The normalized spacial score (nSPS) is 22.0. The van der Waals surface area contributed by atoms with Crippen LogP contribution in [0.4, 0.5) is 20.6 Å². The number of carbonyl (C=O) groups is 1. The zero-order valence-corrected chi connectivity index (χ0v) is 16.9. The van der Waals surface area contributed by atoms with Gasteiger partial charge in [0.05, 0.1) is 4.92 Å². The minimum Gasteiger partial charge on any atom is -0.444 e. The zero-order valence-electron chi connectivity index (χ0n) is 16.9. The van der Waals surface area contributed by atoms with Gasteiger partial charge < -0.3 is 14.5 Å². The van der Waals surface area contributed by atoms with Crippen LogP contribution >= 0.6 is 0 Å². The molecule has 0 atom stereocenters. The third-order valence-corrected chi connectivity index (χ3v) is 5.61. The number of benzene rings is 1. The molecular formula is C20H28FN3O4. The number of fused-ring (bicyclic) bond motifs is 1. The fourth-order valence-corrected chi connectivity index (χ4v) is 4.18. The molecule has 1 aliphatic carbocycles. The Kier molecular flexibility index (Phi) is 5.50. The molecule has 0 N–H and O–H groups in total. The Hall–Kier alpha value is -2.38. The van der Waals surface area contributed by atoms with Gasteiger partial charge in [-0.05, 0) is 64.5 Å². The highest BCUT2D eigenvalue weighted by Gasteiger charge is 2.35. The zero-order chi connectivity index (χ0) is 20.6. The summed E-state index contributed by atoms with van der Waals surface area (Å²) in [4.78, 5) is 26.6. The van der Waals surface area contributed by atoms with Gasteiger partial charge in [0.15, 0.2) is 0 Å². The monoisotopic (exact) mass is 393 g/mol. The van der Waals surface area contributed by atoms with Crippen LogP contribution in [0, 0.1) is 15.9 Å². The van der Waals surface area contributed by atoms with Crippen molar-refractivity contribution in [2.75, 3.05) is 18.5 Å². The predicted molar refractivity (Wildman–Crippen MR) is 104 cm³/mol. The van der Waals surface area contributed by atoms with Crippen LogP contribution in [0.5, 0.6) is 0 Å². The fraction of sp³-hybridized carbons (Fsp3) is 0.650. The maximum absolute atomic E-state index is 13.9. The summed E-state index contributed by atoms with van der Waals surface area (Å²) < 4.78 is 19.3. The third-order valence-electron chi connectivity index (χ3n) is 5.61. The van der Waals surface area contributed by atoms with Crippen LogP contribution in [0.15, 0.2) is 12.1 Å². The Morgan fingerprint density at radius 2 is 1.93 bits per heavy atom. The van der Waals surface area contributed by atoms with Crippen LogP contribution < -0.4 is 4.90 Å². The Bertz CT molecular complexity index is 769. The molecule has 1 amide bonds. The predicted octanol–water partition coefficient (Wildman–Crippen LogP) is 4.27. The van der Waals surface area contributed by atoms with E-state index in [0.717, 1.165) is 43.5 Å². The van der Waals surface area contributed by atoms with Gasteiger partial charge in [-0.25, -0.2) is 4.79 Å². The summed E-state index contributed by atoms with van der Waals surface area (Å²) in [6.45, 7) is 6.29. The first-order valence-electron chi connectivity index (χ1n) is 9.76. The first kappa shape index (κ1) is 20.4. The molecule has 0 saturated heterocycles. The van der Waals surface area contributed by atoms with Gasteiger partial charge in [-0.3, -0.25) is 10.1 Å². The second kappa shape index (κ2) is 7.56. The number of anilines is 1. The molecule has 1 fully saturated rings. The quantitative estimate of drug-likeness (QED) is 0.566. The number of carbonyl (C=O) groups excluding carboxylic acids is 1. The van der Waals surface area contributed by atoms with Crippen LogP contribution in [0.1, 0.15) is 52.0 Å². The number of rotatable bonds is 3. The van der Waals surface area contributed by atoms with Crippen molar-refractivity contribution in [2.45, 2.75) is 70.6 Å². The molecule has 1 saturated carbocycles. The summed E-state index contributed by atoms with van der Waals surface area (Å²) in [5.41, 5.74) is 0.614. The van der Waals surface area contributed by atoms with E-state index in [1.54, 1.807) is 11.9 Å². The molecule has 1 aliphatic heterocycles. The molecule has 0 radical (unpaired) electrons. The molecule has 28 heavy (non-hydrogen) atoms. The lowest BCUT2D eigenvalue weighted by Gasteiger charge is -2.39. The molecule has 0 aromatic heterocycles. The number of nitro groups is 1. The van der Waals surface area contributed by atoms with Gasteiger partial charge in [0.1, 0.15) is 5.60 Å². The molecule has 154 valence electrons. The van der Waals surface area contributed by atoms with Gasteiger partial charge in [-0.15, -0.1) is 0 Å². The van der Waals surface area contributed by atoms with E-state index in [1.807, 2.05) is 20.8 Å². The van der Waals surface area contributed by atoms with Gasteiger partial charge in [-0.1, -0.05) is 0 Å². The van der Waals surface area contributed by atoms with E-state index >= 15 is 0 Å². The largest absolute Gasteiger partial charge is 0.444 e. The molecule has 1 heterocycles. The third kappa shape index (κ3) is 4.20.